The summed E-state index contributed by atoms with van der Waals surface area (Å²) in [6.07, 6.45) is 1.97. The number of nitrogens with one attached hydrogen (secondary N) is 1. The Balaban J connectivity index is 2.03. The van der Waals surface area contributed by atoms with E-state index in [1.165, 1.54) is 0 Å². The van der Waals surface area contributed by atoms with Gasteiger partial charge in [0.25, 0.3) is 0 Å². The van der Waals surface area contributed by atoms with Crippen molar-refractivity contribution in [3.05, 3.63) is 23.2 Å². The molecule has 0 aliphatic carbocycles. The molecule has 0 fully saturated rings. The van der Waals surface area contributed by atoms with E-state index in [4.69, 9.17) is 10.3 Å². The second-order valence-electron chi connectivity index (χ2n) is 3.49. The number of hydrogen-bond donors (Lipinski definition) is 2. The van der Waals surface area contributed by atoms with Crippen molar-refractivity contribution in [3.8, 4) is 0 Å². The van der Waals surface area contributed by atoms with Gasteiger partial charge in [0.15, 0.2) is 14.4 Å². The van der Waals surface area contributed by atoms with Gasteiger partial charge in [-0.3, -0.25) is 10.2 Å². The van der Waals surface area contributed by atoms with Gasteiger partial charge >= 0.3 is 5.91 Å². The molecule has 0 bridgehead atoms. The number of rotatable bonds is 5. The summed E-state index contributed by atoms with van der Waals surface area (Å²) in [7, 11) is 0. The second-order valence-corrected chi connectivity index (χ2v) is 6.75. The van der Waals surface area contributed by atoms with Gasteiger partial charge in [-0.15, -0.1) is 10.2 Å². The van der Waals surface area contributed by atoms with Gasteiger partial charge in [-0.25, -0.2) is 5.84 Å². The molecule has 9 heteroatoms. The third kappa shape index (κ3) is 3.50. The molecule has 0 saturated carbocycles. The third-order valence-corrected chi connectivity index (χ3v) is 5.37. The summed E-state index contributed by atoms with van der Waals surface area (Å²) in [6.45, 7) is 1.82. The molecule has 2 rings (SSSR count). The molecule has 1 amide bonds. The highest BCUT2D eigenvalue weighted by Crippen LogP contribution is 2.31. The number of furan rings is 1. The molecule has 0 radical (unpaired) electrons. The van der Waals surface area contributed by atoms with Gasteiger partial charge < -0.3 is 4.42 Å². The van der Waals surface area contributed by atoms with E-state index < -0.39 is 5.91 Å². The predicted molar refractivity (Wildman–Crippen MR) is 76.3 cm³/mol. The van der Waals surface area contributed by atoms with Crippen LogP contribution in [0.1, 0.15) is 21.9 Å². The molecule has 2 aromatic heterocycles. The number of nitrogen functional groups attached to an aromatic ring is 1. The van der Waals surface area contributed by atoms with Crippen molar-refractivity contribution in [1.82, 2.24) is 15.6 Å². The number of amides is 1. The lowest BCUT2D eigenvalue weighted by atomic mass is 10.3. The molecule has 0 unspecified atom stereocenters. The largest absolute Gasteiger partial charge is 0.456 e. The van der Waals surface area contributed by atoms with Gasteiger partial charge in [0.2, 0.25) is 0 Å². The minimum Gasteiger partial charge on any atom is -0.456 e. The molecule has 0 aromatic carbocycles. The predicted octanol–water partition coefficient (Wildman–Crippen LogP) is 2.06. The van der Waals surface area contributed by atoms with Gasteiger partial charge in [-0.05, 0) is 19.2 Å². The topological polar surface area (TPSA) is 94.0 Å². The first-order valence-electron chi connectivity index (χ1n) is 5.24. The molecule has 0 spiro atoms. The summed E-state index contributed by atoms with van der Waals surface area (Å²) in [4.78, 5) is 11.3. The van der Waals surface area contributed by atoms with Crippen LogP contribution in [-0.4, -0.2) is 22.4 Å². The van der Waals surface area contributed by atoms with Crippen LogP contribution >= 0.6 is 34.9 Å². The smallest absolute Gasteiger partial charge is 0.300 e. The van der Waals surface area contributed by atoms with Gasteiger partial charge in [0.05, 0.1) is 0 Å². The summed E-state index contributed by atoms with van der Waals surface area (Å²) >= 11 is 4.69. The maximum atomic E-state index is 11.3. The Bertz CT molecular complexity index is 581. The van der Waals surface area contributed by atoms with Gasteiger partial charge in [-0.2, -0.15) is 0 Å². The first-order valence-corrected chi connectivity index (χ1v) is 8.27. The molecule has 3 N–H and O–H groups in total. The van der Waals surface area contributed by atoms with E-state index in [1.54, 1.807) is 40.9 Å². The SMILES string of the molecule is CSc1nnc(SCc2cc(C(=O)NN)oc2C)s1. The average Bonchev–Trinajstić information content (AvgIpc) is 3.02. The summed E-state index contributed by atoms with van der Waals surface area (Å²) in [5.74, 6) is 6.24. The number of thioether (sulfide) groups is 2. The van der Waals surface area contributed by atoms with Crippen molar-refractivity contribution >= 4 is 40.8 Å². The Labute approximate surface area is 122 Å². The van der Waals surface area contributed by atoms with Crippen LogP contribution in [0.5, 0.6) is 0 Å². The van der Waals surface area contributed by atoms with Crippen LogP contribution in [0, 0.1) is 6.92 Å². The molecule has 0 aliphatic heterocycles. The number of hydrogen-bond acceptors (Lipinski definition) is 8. The first kappa shape index (κ1) is 14.4. The molecule has 19 heavy (non-hydrogen) atoms. The highest BCUT2D eigenvalue weighted by molar-refractivity contribution is 8.02. The van der Waals surface area contributed by atoms with Crippen molar-refractivity contribution in [2.45, 2.75) is 21.4 Å². The Morgan fingerprint density at radius 3 is 2.89 bits per heavy atom. The van der Waals surface area contributed by atoms with E-state index in [-0.39, 0.29) is 5.76 Å². The molecule has 102 valence electrons. The zero-order valence-corrected chi connectivity index (χ0v) is 12.7. The molecule has 2 heterocycles. The van der Waals surface area contributed by atoms with E-state index in [0.717, 1.165) is 14.2 Å². The zero-order chi connectivity index (χ0) is 13.8. The van der Waals surface area contributed by atoms with E-state index in [9.17, 15) is 4.79 Å². The number of carbonyl (C=O) groups is 1. The summed E-state index contributed by atoms with van der Waals surface area (Å²) in [6, 6.07) is 1.70. The Hall–Kier alpha value is -1.03. The molecule has 0 atom stereocenters. The van der Waals surface area contributed by atoms with Crippen LogP contribution in [0.15, 0.2) is 19.2 Å². The lowest BCUT2D eigenvalue weighted by molar-refractivity contribution is 0.0924. The van der Waals surface area contributed by atoms with Crippen molar-refractivity contribution in [2.75, 3.05) is 6.26 Å². The molecular formula is C10H12N4O2S3. The Morgan fingerprint density at radius 2 is 2.26 bits per heavy atom. The van der Waals surface area contributed by atoms with Crippen molar-refractivity contribution < 1.29 is 9.21 Å². The molecule has 0 saturated heterocycles. The van der Waals surface area contributed by atoms with Crippen molar-refractivity contribution in [3.63, 3.8) is 0 Å². The Morgan fingerprint density at radius 1 is 1.53 bits per heavy atom. The van der Waals surface area contributed by atoms with Crippen LogP contribution in [0.25, 0.3) is 0 Å². The van der Waals surface area contributed by atoms with Crippen LogP contribution in [0.2, 0.25) is 0 Å². The van der Waals surface area contributed by atoms with Gasteiger partial charge in [0, 0.05) is 11.3 Å². The molecule has 2 aromatic rings. The number of nitrogens with zero attached hydrogens (tertiary/aromatic N) is 2. The molecular weight excluding hydrogens is 304 g/mol. The fourth-order valence-electron chi connectivity index (χ4n) is 1.32. The maximum Gasteiger partial charge on any atom is 0.300 e. The number of hydrazine groups is 1. The number of nitrogens with two attached hydrogens (primary N) is 1. The van der Waals surface area contributed by atoms with Gasteiger partial charge in [-0.1, -0.05) is 34.9 Å². The standard InChI is InChI=1S/C10H12N4O2S3/c1-5-6(3-7(16-5)8(15)12-11)4-18-10-14-13-9(17-2)19-10/h3H,4,11H2,1-2H3,(H,12,15). The third-order valence-electron chi connectivity index (χ3n) is 2.29. The number of carbonyl (C=O) groups excluding carboxylic acids is 1. The highest BCUT2D eigenvalue weighted by Gasteiger charge is 2.14. The van der Waals surface area contributed by atoms with Crippen LogP contribution < -0.4 is 11.3 Å². The van der Waals surface area contributed by atoms with Gasteiger partial charge in [0.1, 0.15) is 5.76 Å². The average molecular weight is 316 g/mol. The van der Waals surface area contributed by atoms with E-state index in [2.05, 4.69) is 10.2 Å². The highest BCUT2D eigenvalue weighted by atomic mass is 32.2. The summed E-state index contributed by atoms with van der Waals surface area (Å²) in [5, 5.41) is 8.09. The summed E-state index contributed by atoms with van der Waals surface area (Å²) < 4.78 is 7.18. The number of aryl methyl sites for hydroxylation is 1. The van der Waals surface area contributed by atoms with Crippen molar-refractivity contribution in [2.24, 2.45) is 5.84 Å². The lowest BCUT2D eigenvalue weighted by Gasteiger charge is -1.94. The monoisotopic (exact) mass is 316 g/mol. The zero-order valence-electron chi connectivity index (χ0n) is 10.3. The second kappa shape index (κ2) is 6.42. The normalized spacial score (nSPS) is 10.7. The molecule has 6 nitrogen and oxygen atoms in total. The maximum absolute atomic E-state index is 11.3. The van der Waals surface area contributed by atoms with Crippen molar-refractivity contribution in [1.29, 1.82) is 0 Å². The van der Waals surface area contributed by atoms with E-state index in [0.29, 0.717) is 11.5 Å². The number of aromatic nitrogens is 2. The fourth-order valence-corrected chi connectivity index (χ4v) is 3.80. The van der Waals surface area contributed by atoms with E-state index in [1.807, 2.05) is 18.6 Å². The molecule has 0 aliphatic rings. The fraction of sp³-hybridized carbons (Fsp3) is 0.300. The summed E-state index contributed by atoms with van der Waals surface area (Å²) in [5.41, 5.74) is 2.99. The first-order chi connectivity index (χ1) is 9.13. The van der Waals surface area contributed by atoms with Crippen LogP contribution in [-0.2, 0) is 5.75 Å². The minimum atomic E-state index is -0.431. The minimum absolute atomic E-state index is 0.220. The van der Waals surface area contributed by atoms with E-state index >= 15 is 0 Å². The van der Waals surface area contributed by atoms with Crippen LogP contribution in [0.3, 0.4) is 0 Å². The quantitative estimate of drug-likeness (QED) is 0.377. The van der Waals surface area contributed by atoms with Crippen LogP contribution in [0.4, 0.5) is 0 Å². The Kier molecular flexibility index (Phi) is 4.86. The lowest BCUT2D eigenvalue weighted by Crippen LogP contribution is -2.29.